The van der Waals surface area contributed by atoms with Crippen LogP contribution in [0, 0.1) is 4.91 Å². The Kier molecular flexibility index (Phi) is 46.3. The Morgan fingerprint density at radius 1 is 0.445 bits per heavy atom. The van der Waals surface area contributed by atoms with Crippen molar-refractivity contribution in [1.29, 1.82) is 0 Å². The van der Waals surface area contributed by atoms with E-state index in [0.29, 0.717) is 11.9 Å². The number of ether oxygens (including phenoxy) is 18. The summed E-state index contributed by atoms with van der Waals surface area (Å²) < 4.78 is 96.8. The maximum atomic E-state index is 13.2. The molecule has 7 saturated heterocycles. The van der Waals surface area contributed by atoms with Crippen LogP contribution in [0.2, 0.25) is 0 Å². The van der Waals surface area contributed by atoms with Crippen LogP contribution in [0.5, 0.6) is 0 Å². The van der Waals surface area contributed by atoms with E-state index in [-0.39, 0.29) is 21.8 Å². The second kappa shape index (κ2) is 52.1. The fourth-order valence-corrected chi connectivity index (χ4v) is 15.5. The van der Waals surface area contributed by atoms with Gasteiger partial charge in [-0.15, -0.1) is 4.91 Å². The zero-order valence-electron chi connectivity index (χ0n) is 73.1. The molecule has 128 heavy (non-hydrogen) atoms. The smallest absolute Gasteiger partial charge is 0.339 e. The van der Waals surface area contributed by atoms with Crippen molar-refractivity contribution in [2.75, 3.05) is 82.7 Å². The number of nitrogens with zero attached hydrogens (tertiary/aromatic N) is 1. The fourth-order valence-electron chi connectivity index (χ4n) is 13.8. The molecule has 0 aromatic carbocycles. The van der Waals surface area contributed by atoms with Gasteiger partial charge in [-0.3, -0.25) is 48.9 Å². The van der Waals surface area contributed by atoms with E-state index in [0.717, 1.165) is 21.1 Å². The highest BCUT2D eigenvalue weighted by molar-refractivity contribution is 8.17. The van der Waals surface area contributed by atoms with Gasteiger partial charge in [0, 0.05) is 110 Å². The van der Waals surface area contributed by atoms with Gasteiger partial charge in [-0.25, -0.2) is 14.4 Å². The maximum Gasteiger partial charge on any atom is 0.339 e. The van der Waals surface area contributed by atoms with E-state index in [9.17, 15) is 124 Å². The second-order valence-corrected chi connectivity index (χ2v) is 35.1. The Morgan fingerprint density at radius 2 is 0.742 bits per heavy atom. The van der Waals surface area contributed by atoms with Gasteiger partial charge in [0.1, 0.15) is 153 Å². The van der Waals surface area contributed by atoms with Gasteiger partial charge in [0.05, 0.1) is 24.6 Å². The van der Waals surface area contributed by atoms with Gasteiger partial charge in [-0.1, -0.05) is 11.8 Å². The zero-order chi connectivity index (χ0) is 97.2. The summed E-state index contributed by atoms with van der Waals surface area (Å²) in [5, 5.41) is 144. The van der Waals surface area contributed by atoms with Crippen LogP contribution in [0.3, 0.4) is 0 Å². The summed E-state index contributed by atoms with van der Waals surface area (Å²) in [7, 11) is 7.22. The molecule has 0 aromatic rings. The Morgan fingerprint density at radius 3 is 0.977 bits per heavy atom. The van der Waals surface area contributed by atoms with Crippen LogP contribution >= 0.6 is 36.3 Å². The number of carbonyl (C=O) groups excluding carboxylic acids is 12. The lowest BCUT2D eigenvalue weighted by Gasteiger charge is -2.47. The monoisotopic (exact) mass is 1910 g/mol. The third kappa shape index (κ3) is 30.7. The Bertz CT molecular complexity index is 3650. The van der Waals surface area contributed by atoms with Crippen molar-refractivity contribution in [2.45, 2.75) is 300 Å². The summed E-state index contributed by atoms with van der Waals surface area (Å²) >= 11 is 6.11. The third-order valence-corrected chi connectivity index (χ3v) is 22.3. The molecule has 56 heteroatoms. The van der Waals surface area contributed by atoms with Crippen LogP contribution < -0.4 is 48.3 Å². The predicted molar refractivity (Wildman–Crippen MR) is 432 cm³/mol. The molecule has 7 heterocycles. The summed E-state index contributed by atoms with van der Waals surface area (Å²) in [6.45, 7) is 13.4. The van der Waals surface area contributed by atoms with E-state index in [1.54, 1.807) is 13.8 Å². The number of methoxy groups -OCH3 is 6. The van der Waals surface area contributed by atoms with E-state index in [1.165, 1.54) is 88.7 Å². The first kappa shape index (κ1) is 114. The van der Waals surface area contributed by atoms with Gasteiger partial charge in [0.2, 0.25) is 52.4 Å². The molecule has 0 bridgehead atoms. The molecular weight excluding hydrogens is 1790 g/mol. The second-order valence-electron chi connectivity index (χ2n) is 30.9. The number of thioether (sulfide) groups is 1. The van der Waals surface area contributed by atoms with Crippen LogP contribution in [-0.4, -0.2) is 431 Å². The average molecular weight is 1910 g/mol. The van der Waals surface area contributed by atoms with Crippen LogP contribution in [0.4, 0.5) is 0 Å². The molecule has 7 rings (SSSR count). The highest BCUT2D eigenvalue weighted by atomic mass is 32.2. The van der Waals surface area contributed by atoms with Crippen molar-refractivity contribution < 1.29 is 204 Å². The summed E-state index contributed by atoms with van der Waals surface area (Å²) in [4.78, 5) is 155. The highest BCUT2D eigenvalue weighted by Crippen LogP contribution is 2.42. The number of nitrogens with one attached hydrogen (secondary N) is 8. The zero-order valence-corrected chi connectivity index (χ0v) is 75.6. The quantitative estimate of drug-likeness (QED) is 0.00700. The molecule has 0 radical (unpaired) electrons. The lowest BCUT2D eigenvalue weighted by atomic mass is 9.95. The first-order chi connectivity index (χ1) is 59.8. The molecule has 21 unspecified atom stereocenters. The van der Waals surface area contributed by atoms with Crippen molar-refractivity contribution >= 4 is 107 Å². The minimum Gasteiger partial charge on any atom is -0.448 e. The number of nitrogens with two attached hydrogens (primary N) is 1. The Labute approximate surface area is 747 Å². The maximum absolute atomic E-state index is 13.2. The number of carbonyl (C=O) groups is 12. The highest BCUT2D eigenvalue weighted by Gasteiger charge is 2.59. The average Bonchev–Trinajstić information content (AvgIpc) is 0.730. The van der Waals surface area contributed by atoms with Crippen LogP contribution in [0.1, 0.15) is 83.1 Å². The van der Waals surface area contributed by atoms with Gasteiger partial charge in [0.15, 0.2) is 69.5 Å². The van der Waals surface area contributed by atoms with Gasteiger partial charge >= 0.3 is 17.9 Å². The lowest BCUT2D eigenvalue weighted by Crippen LogP contribution is -2.68. The van der Waals surface area contributed by atoms with Crippen molar-refractivity contribution in [3.05, 3.63) is 4.91 Å². The molecule has 7 fully saturated rings. The van der Waals surface area contributed by atoms with Gasteiger partial charge < -0.3 is 189 Å². The van der Waals surface area contributed by atoms with Gasteiger partial charge in [-0.2, -0.15) is 12.6 Å². The Balaban J connectivity index is 0.000000382. The standard InChI is InChI=1S/C24H40N4O15S.C24H41N3O14S.C17H30N2O12.C7H11NO2S/c1-9(30)26-12-16(38-5)13(32)11(7-29)41-22(12)42-17-14(33)15(34)23(39-6)43-18(17)21(36)40-8-25-20(35)19(27-10(2)31)24(3,4)44-28-37;1-9(29)26-12-16(36-5)13(31)11(7-28)39-22(12)40-17-14(32)15(33)23(37-6)41-18(17)21(35)38-8-25-20(34)19(24(3,4)42)27-10(2)30;1-6(21)19-8-12(26-2)9(22)7(4-20)29-16(8)30-13-10(23)11(24)17(27-3)31-14(13)15(25)28-5-18;1-4(9)8-5-6(10)11-7(5,2)3/h11-19,22-23,29,32-34H,7-8H2,1-6H3,(H,25,35)(H,26,30)(H,27,31);11-19,22-23,28,31-33,42H,7-8H2,1-6H3,(H,25,34)(H,26,29)(H,27,30);7-14,16-17,20,22-24H,4-5,18H2,1-3H3,(H,19,21);5H,1-3H3,(H,8,9)/t2*11?,12?,13?,14?,15?,16-,17+,18?,19+,22+,23?;7?,8?,9?,10?,11?,12-,13+,14?,16+,17?;5-/m1110/s1. The number of esters is 3. The largest absolute Gasteiger partial charge is 0.448 e. The number of amides is 8. The van der Waals surface area contributed by atoms with Crippen molar-refractivity contribution in [1.82, 2.24) is 42.5 Å². The lowest BCUT2D eigenvalue weighted by molar-refractivity contribution is -0.339. The van der Waals surface area contributed by atoms with Gasteiger partial charge in [0.25, 0.3) is 0 Å². The summed E-state index contributed by atoms with van der Waals surface area (Å²) in [6, 6.07) is -6.20. The number of aliphatic hydroxyl groups excluding tert-OH is 12. The van der Waals surface area contributed by atoms with E-state index in [2.05, 4.69) is 59.7 Å². The van der Waals surface area contributed by atoms with Crippen LogP contribution in [0.15, 0.2) is 4.58 Å². The minimum absolute atomic E-state index is 0.0604. The van der Waals surface area contributed by atoms with Crippen molar-refractivity contribution in [2.24, 2.45) is 10.3 Å². The fraction of sp³-hybridized carbons (Fsp3) is 0.833. The van der Waals surface area contributed by atoms with E-state index >= 15 is 0 Å². The number of aliphatic hydroxyl groups is 12. The number of rotatable bonds is 35. The molecule has 0 spiro atoms. The molecule has 736 valence electrons. The predicted octanol–water partition coefficient (Wildman–Crippen LogP) is -11.7. The molecule has 0 aliphatic carbocycles. The number of hydrogen-bond acceptors (Lipinski definition) is 48. The molecule has 7 aliphatic heterocycles. The van der Waals surface area contributed by atoms with Crippen LogP contribution in [0.25, 0.3) is 0 Å². The summed E-state index contributed by atoms with van der Waals surface area (Å²) in [5.41, 5.74) is 5.23. The molecule has 0 aromatic heterocycles. The molecule has 53 nitrogen and oxygen atoms in total. The number of hydrogen-bond donors (Lipinski definition) is 22. The minimum atomic E-state index is -1.87. The molecule has 0 saturated carbocycles. The topological polar surface area (TPSA) is 765 Å². The number of nitroso groups, excluding NO2 is 1. The first-order valence-electron chi connectivity index (χ1n) is 39.2. The molecular formula is C72H122N10O43S3. The first-order valence-corrected chi connectivity index (χ1v) is 41.2. The van der Waals surface area contributed by atoms with E-state index < -0.39 is 305 Å². The summed E-state index contributed by atoms with van der Waals surface area (Å²) in [5.74, 6) is -7.80. The molecule has 33 atom stereocenters. The normalized spacial score (nSPS) is 34.8. The molecule has 7 aliphatic rings. The van der Waals surface area contributed by atoms with Crippen molar-refractivity contribution in [3.8, 4) is 0 Å². The van der Waals surface area contributed by atoms with Crippen LogP contribution in [-0.2, 0) is 143 Å². The van der Waals surface area contributed by atoms with Gasteiger partial charge in [-0.05, 0) is 41.5 Å². The molecule has 8 amide bonds. The molecule has 22 N–H and O–H groups in total. The SMILES string of the molecule is CC(=O)N[C@H]1C(=O)SC1(C)C.COC1OC(C(=O)OCN)[C@@H](O[C@@H]2OC(CO)C(O)[C@H](OC)C2NC(C)=O)C(O)C1O.COC1OC(C(=O)OCNC(=O)[C@H](NC(C)=O)C(C)(C)S)[C@@H](O[C@@H]2OC(CO)C(O)[C@H](OC)C2NC(C)=O)C(O)C1O.COC1OC(C(=O)OCNC(=O)[C@H](NC(C)=O)C(C)(C)SN=O)[C@@H](O[C@@H]2OC(CO)C(O)[C@H](OC)C2NC(C)=O)C(O)C1O. The number of thiol groups is 1. The van der Waals surface area contributed by atoms with E-state index in [1.807, 2.05) is 13.8 Å². The summed E-state index contributed by atoms with van der Waals surface area (Å²) in [6.07, 6.45) is -41.0. The van der Waals surface area contributed by atoms with Crippen molar-refractivity contribution in [3.63, 3.8) is 0 Å². The third-order valence-electron chi connectivity index (χ3n) is 20.1. The Hall–Kier alpha value is -6.63. The van der Waals surface area contributed by atoms with E-state index in [4.69, 9.17) is 91.0 Å².